The summed E-state index contributed by atoms with van der Waals surface area (Å²) in [5, 5.41) is 0. The van der Waals surface area contributed by atoms with E-state index in [1.807, 2.05) is 0 Å². The highest BCUT2D eigenvalue weighted by Gasteiger charge is 2.48. The minimum absolute atomic E-state index is 0.0922. The van der Waals surface area contributed by atoms with Crippen molar-refractivity contribution >= 4 is 0 Å². The van der Waals surface area contributed by atoms with Gasteiger partial charge in [-0.05, 0) is 52.4 Å². The minimum atomic E-state index is -2.76. The Hall–Kier alpha value is -0.260. The molecule has 1 aliphatic carbocycles. The molecule has 3 rings (SSSR count). The lowest BCUT2D eigenvalue weighted by atomic mass is 9.88. The zero-order valence-corrected chi connectivity index (χ0v) is 13.1. The Morgan fingerprint density at radius 3 is 2.33 bits per heavy atom. The highest BCUT2D eigenvalue weighted by molar-refractivity contribution is 4.98. The third kappa shape index (κ3) is 2.97. The molecule has 3 fully saturated rings. The third-order valence-electron chi connectivity index (χ3n) is 5.60. The van der Waals surface area contributed by atoms with Gasteiger partial charge < -0.3 is 10.5 Å². The van der Waals surface area contributed by atoms with Crippen LogP contribution in [0.2, 0.25) is 0 Å². The van der Waals surface area contributed by atoms with Gasteiger partial charge in [0, 0.05) is 24.5 Å². The van der Waals surface area contributed by atoms with E-state index < -0.39 is 18.1 Å². The zero-order chi connectivity index (χ0) is 15.2. The first kappa shape index (κ1) is 15.6. The van der Waals surface area contributed by atoms with Gasteiger partial charge in [-0.15, -0.1) is 0 Å². The third-order valence-corrected chi connectivity index (χ3v) is 5.60. The number of ether oxygens (including phenoxy) is 1. The Balaban J connectivity index is 1.60. The molecule has 2 N–H and O–H groups in total. The number of hydrogen-bond donors (Lipinski definition) is 1. The van der Waals surface area contributed by atoms with Gasteiger partial charge in [-0.2, -0.15) is 0 Å². The molecule has 0 radical (unpaired) electrons. The van der Waals surface area contributed by atoms with Crippen LogP contribution >= 0.6 is 0 Å². The van der Waals surface area contributed by atoms with Crippen molar-refractivity contribution in [2.24, 2.45) is 5.73 Å². The molecule has 0 amide bonds. The van der Waals surface area contributed by atoms with Crippen LogP contribution in [0, 0.1) is 0 Å². The largest absolute Gasteiger partial charge is 0.373 e. The van der Waals surface area contributed by atoms with Crippen molar-refractivity contribution in [1.29, 1.82) is 0 Å². The first-order valence-electron chi connectivity index (χ1n) is 8.45. The second-order valence-electron chi connectivity index (χ2n) is 7.37. The summed E-state index contributed by atoms with van der Waals surface area (Å²) >= 11 is 0. The van der Waals surface area contributed by atoms with E-state index in [1.54, 1.807) is 0 Å². The van der Waals surface area contributed by atoms with Crippen molar-refractivity contribution in [2.75, 3.05) is 0 Å². The lowest BCUT2D eigenvalue weighted by Crippen LogP contribution is -2.56. The Labute approximate surface area is 126 Å². The van der Waals surface area contributed by atoms with Gasteiger partial charge in [0.2, 0.25) is 0 Å². The minimum Gasteiger partial charge on any atom is -0.373 e. The SMILES string of the molecule is CC(C)N1[C@@H]2CC[C@H]1C[C@@H](O[C@H]1CCCC(F)(F)[C@@H]1N)C2. The summed E-state index contributed by atoms with van der Waals surface area (Å²) in [6.07, 6.45) is 5.13. The van der Waals surface area contributed by atoms with Gasteiger partial charge in [-0.25, -0.2) is 8.78 Å². The molecule has 2 aliphatic heterocycles. The fraction of sp³-hybridized carbons (Fsp3) is 1.00. The number of halogens is 2. The molecule has 3 nitrogen and oxygen atoms in total. The smallest absolute Gasteiger partial charge is 0.265 e. The van der Waals surface area contributed by atoms with Crippen LogP contribution in [-0.2, 0) is 4.74 Å². The summed E-state index contributed by atoms with van der Waals surface area (Å²) in [6, 6.07) is 0.555. The molecule has 122 valence electrons. The maximum atomic E-state index is 13.7. The van der Waals surface area contributed by atoms with Crippen molar-refractivity contribution in [3.05, 3.63) is 0 Å². The first-order valence-corrected chi connectivity index (χ1v) is 8.45. The lowest BCUT2D eigenvalue weighted by molar-refractivity contribution is -0.145. The highest BCUT2D eigenvalue weighted by Crippen LogP contribution is 2.40. The molecule has 0 unspecified atom stereocenters. The second-order valence-corrected chi connectivity index (χ2v) is 7.37. The predicted octanol–water partition coefficient (Wildman–Crippen LogP) is 2.92. The molecule has 0 spiro atoms. The molecule has 2 heterocycles. The van der Waals surface area contributed by atoms with Crippen LogP contribution in [0.4, 0.5) is 8.78 Å². The van der Waals surface area contributed by atoms with Crippen LogP contribution in [0.25, 0.3) is 0 Å². The molecule has 0 aromatic carbocycles. The van der Waals surface area contributed by atoms with Crippen molar-refractivity contribution in [3.8, 4) is 0 Å². The van der Waals surface area contributed by atoms with E-state index in [-0.39, 0.29) is 12.5 Å². The number of hydrogen-bond acceptors (Lipinski definition) is 3. The molecule has 5 heteroatoms. The van der Waals surface area contributed by atoms with Crippen LogP contribution in [-0.4, -0.2) is 47.2 Å². The molecular formula is C16H28F2N2O. The van der Waals surface area contributed by atoms with Gasteiger partial charge in [0.25, 0.3) is 5.92 Å². The molecule has 0 aromatic rings. The summed E-state index contributed by atoms with van der Waals surface area (Å²) in [5.74, 6) is -2.76. The second kappa shape index (κ2) is 5.74. The molecule has 2 bridgehead atoms. The zero-order valence-electron chi connectivity index (χ0n) is 13.1. The van der Waals surface area contributed by atoms with Gasteiger partial charge in [-0.1, -0.05) is 0 Å². The van der Waals surface area contributed by atoms with Gasteiger partial charge in [0.05, 0.1) is 18.2 Å². The average molecular weight is 302 g/mol. The van der Waals surface area contributed by atoms with Crippen LogP contribution in [0.1, 0.15) is 58.8 Å². The summed E-state index contributed by atoms with van der Waals surface area (Å²) < 4.78 is 33.5. The number of fused-ring (bicyclic) bond motifs is 2. The molecule has 21 heavy (non-hydrogen) atoms. The van der Waals surface area contributed by atoms with E-state index in [2.05, 4.69) is 18.7 Å². The van der Waals surface area contributed by atoms with E-state index in [9.17, 15) is 8.78 Å². The van der Waals surface area contributed by atoms with E-state index in [0.717, 1.165) is 12.8 Å². The van der Waals surface area contributed by atoms with Gasteiger partial charge in [0.15, 0.2) is 0 Å². The number of rotatable bonds is 3. The summed E-state index contributed by atoms with van der Waals surface area (Å²) in [7, 11) is 0. The monoisotopic (exact) mass is 302 g/mol. The predicted molar refractivity (Wildman–Crippen MR) is 78.5 cm³/mol. The average Bonchev–Trinajstić information content (AvgIpc) is 2.67. The Bertz CT molecular complexity index is 363. The van der Waals surface area contributed by atoms with E-state index in [0.29, 0.717) is 31.0 Å². The van der Waals surface area contributed by atoms with Crippen LogP contribution in [0.3, 0.4) is 0 Å². The molecule has 0 aromatic heterocycles. The van der Waals surface area contributed by atoms with Gasteiger partial charge in [0.1, 0.15) is 0 Å². The lowest BCUT2D eigenvalue weighted by Gasteiger charge is -2.44. The standard InChI is InChI=1S/C16H28F2N2O/c1-10(2)20-11-5-6-12(20)9-13(8-11)21-14-4-3-7-16(17,18)15(14)19/h10-15H,3-9,19H2,1-2H3/t11-,12+,13+,14-,15+/m0/s1. The van der Waals surface area contributed by atoms with Crippen molar-refractivity contribution < 1.29 is 13.5 Å². The van der Waals surface area contributed by atoms with Gasteiger partial charge >= 0.3 is 0 Å². The molecule has 2 saturated heterocycles. The Kier molecular flexibility index (Phi) is 4.27. The van der Waals surface area contributed by atoms with Crippen LogP contribution in [0.5, 0.6) is 0 Å². The molecule has 1 saturated carbocycles. The van der Waals surface area contributed by atoms with E-state index in [4.69, 9.17) is 10.5 Å². The topological polar surface area (TPSA) is 38.5 Å². The van der Waals surface area contributed by atoms with E-state index in [1.165, 1.54) is 12.8 Å². The molecule has 5 atom stereocenters. The van der Waals surface area contributed by atoms with Crippen molar-refractivity contribution in [3.63, 3.8) is 0 Å². The Morgan fingerprint density at radius 1 is 1.14 bits per heavy atom. The fourth-order valence-corrected chi connectivity index (χ4v) is 4.67. The number of alkyl halides is 2. The Morgan fingerprint density at radius 2 is 1.76 bits per heavy atom. The van der Waals surface area contributed by atoms with E-state index >= 15 is 0 Å². The number of nitrogens with zero attached hydrogens (tertiary/aromatic N) is 1. The maximum Gasteiger partial charge on any atom is 0.265 e. The molecule has 3 aliphatic rings. The van der Waals surface area contributed by atoms with Gasteiger partial charge in [-0.3, -0.25) is 4.90 Å². The van der Waals surface area contributed by atoms with Crippen molar-refractivity contribution in [2.45, 2.75) is 101 Å². The van der Waals surface area contributed by atoms with Crippen LogP contribution < -0.4 is 5.73 Å². The highest BCUT2D eigenvalue weighted by atomic mass is 19.3. The summed E-state index contributed by atoms with van der Waals surface area (Å²) in [4.78, 5) is 2.59. The first-order chi connectivity index (χ1) is 9.88. The van der Waals surface area contributed by atoms with Crippen LogP contribution in [0.15, 0.2) is 0 Å². The quantitative estimate of drug-likeness (QED) is 0.871. The summed E-state index contributed by atoms with van der Waals surface area (Å²) in [5.41, 5.74) is 5.75. The summed E-state index contributed by atoms with van der Waals surface area (Å²) in [6.45, 7) is 4.48. The number of piperidine rings is 1. The maximum absolute atomic E-state index is 13.7. The molecular weight excluding hydrogens is 274 g/mol. The fourth-order valence-electron chi connectivity index (χ4n) is 4.67. The van der Waals surface area contributed by atoms with Crippen molar-refractivity contribution in [1.82, 2.24) is 4.90 Å². The number of nitrogens with two attached hydrogens (primary N) is 1. The normalized spacial score (nSPS) is 43.4.